The van der Waals surface area contributed by atoms with Crippen molar-refractivity contribution in [1.82, 2.24) is 44.5 Å². The Kier molecular flexibility index (Phi) is 26.9. The number of nitrogens with two attached hydrogens (primary N) is 1. The Morgan fingerprint density at radius 2 is 0.945 bits per heavy atom. The number of nitrogens with one attached hydrogen (secondary N) is 1. The van der Waals surface area contributed by atoms with E-state index in [9.17, 15) is 65.9 Å². The third-order valence-corrected chi connectivity index (χ3v) is 23.4. The molecule has 15 rings (SSSR count). The van der Waals surface area contributed by atoms with Crippen molar-refractivity contribution in [2.24, 2.45) is 23.7 Å². The number of alkyl halides is 3. The first kappa shape index (κ1) is 85.0. The van der Waals surface area contributed by atoms with Gasteiger partial charge >= 0.3 is 42.4 Å². The molecule has 0 aromatic heterocycles. The lowest BCUT2D eigenvalue weighted by molar-refractivity contribution is -0.660. The van der Waals surface area contributed by atoms with Crippen LogP contribution in [0.15, 0.2) is 60.8 Å². The number of carboxylic acid groups (broad SMARTS) is 1. The second-order valence-corrected chi connectivity index (χ2v) is 32.2. The predicted molar refractivity (Wildman–Crippen MR) is 380 cm³/mol. The highest BCUT2D eigenvalue weighted by atomic mass is 19.4. The van der Waals surface area contributed by atoms with Gasteiger partial charge in [0, 0.05) is 55.8 Å². The monoisotopic (exact) mass is 1550 g/mol. The molecule has 0 radical (unpaired) electrons. The first-order valence-electron chi connectivity index (χ1n) is 38.0. The van der Waals surface area contributed by atoms with Gasteiger partial charge < -0.3 is 73.6 Å². The van der Waals surface area contributed by atoms with E-state index < -0.39 is 77.3 Å². The van der Waals surface area contributed by atoms with Gasteiger partial charge in [-0.3, -0.25) is 38.6 Å². The number of esters is 3. The van der Waals surface area contributed by atoms with Crippen molar-refractivity contribution in [2.75, 3.05) is 54.1 Å². The SMILES string of the molecule is C.COC(=O)[C@@H]1CC[C@@H]2C=C[C@H]3CCN(C(=O)OC(C)(C)C)[C@@H]3C(=O)N21.COC(=O)[C@@H]1CC[C@@H]2C=C[C@H]3CCN[C@@H]3C(=O)N21.COC(=O)[C@@H]1CC[C@@H]2C=C[C@H]3CC[NH2+][C@@H]3C(=O)N21.C[C@@H]1CC[C@@H]2C=C[C@H]3CCN(C(=O)[C@@H]4CC[C@H]5C=C[C@]6(CCCN6C(=O)OC(C)(C)C)C(=O)N54)C3C(=O)N12.O=C([O-])C(F)(F)F.O=C=O. The summed E-state index contributed by atoms with van der Waals surface area (Å²) in [6.07, 6.45) is 27.2. The van der Waals surface area contributed by atoms with Crippen molar-refractivity contribution in [3.8, 4) is 0 Å². The Hall–Kier alpha value is -8.97. The van der Waals surface area contributed by atoms with Crippen LogP contribution in [0, 0.1) is 23.7 Å². The van der Waals surface area contributed by atoms with Crippen LogP contribution >= 0.6 is 0 Å². The number of halogens is 3. The number of amides is 8. The molecule has 0 aliphatic carbocycles. The van der Waals surface area contributed by atoms with E-state index in [0.29, 0.717) is 70.5 Å². The maximum atomic E-state index is 14.2. The second-order valence-electron chi connectivity index (χ2n) is 32.2. The van der Waals surface area contributed by atoms with Gasteiger partial charge in [0.2, 0.25) is 23.6 Å². The summed E-state index contributed by atoms with van der Waals surface area (Å²) in [5.41, 5.74) is -2.41. The van der Waals surface area contributed by atoms with E-state index in [2.05, 4.69) is 54.0 Å². The largest absolute Gasteiger partial charge is 0.542 e. The summed E-state index contributed by atoms with van der Waals surface area (Å²) in [4.78, 5) is 180. The van der Waals surface area contributed by atoms with Crippen molar-refractivity contribution < 1.29 is 114 Å². The van der Waals surface area contributed by atoms with Gasteiger partial charge in [-0.05, 0) is 151 Å². The molecule has 33 heteroatoms. The van der Waals surface area contributed by atoms with Crippen molar-refractivity contribution in [3.05, 3.63) is 60.8 Å². The van der Waals surface area contributed by atoms with Crippen LogP contribution in [0.5, 0.6) is 0 Å². The molecule has 3 N–H and O–H groups in total. The molecule has 10 fully saturated rings. The fourth-order valence-electron chi connectivity index (χ4n) is 18.5. The third kappa shape index (κ3) is 17.5. The van der Waals surface area contributed by atoms with E-state index in [1.54, 1.807) is 50.2 Å². The lowest BCUT2D eigenvalue weighted by Gasteiger charge is -2.44. The summed E-state index contributed by atoms with van der Waals surface area (Å²) in [5.74, 6) is -3.69. The molecule has 15 heterocycles. The minimum absolute atomic E-state index is 0. The molecule has 15 aliphatic heterocycles. The number of fused-ring (bicyclic) bond motifs is 9. The smallest absolute Gasteiger partial charge is 0.430 e. The Morgan fingerprint density at radius 3 is 1.45 bits per heavy atom. The van der Waals surface area contributed by atoms with Gasteiger partial charge in [-0.2, -0.15) is 22.8 Å². The van der Waals surface area contributed by atoms with Crippen molar-refractivity contribution in [2.45, 2.75) is 266 Å². The Morgan fingerprint density at radius 1 is 0.518 bits per heavy atom. The molecule has 0 aromatic carbocycles. The van der Waals surface area contributed by atoms with Gasteiger partial charge in [0.1, 0.15) is 59.0 Å². The van der Waals surface area contributed by atoms with Crippen LogP contribution in [0.1, 0.15) is 159 Å². The molecule has 110 heavy (non-hydrogen) atoms. The molecule has 0 saturated carbocycles. The van der Waals surface area contributed by atoms with Crippen LogP contribution in [0.3, 0.4) is 0 Å². The van der Waals surface area contributed by atoms with Crippen molar-refractivity contribution in [1.29, 1.82) is 0 Å². The number of hydrogen-bond acceptors (Lipinski definition) is 21. The number of carbonyl (C=O) groups is 12. The number of carboxylic acids is 1. The first-order valence-corrected chi connectivity index (χ1v) is 38.0. The minimum Gasteiger partial charge on any atom is -0.542 e. The molecule has 0 bridgehead atoms. The summed E-state index contributed by atoms with van der Waals surface area (Å²) >= 11 is 0. The summed E-state index contributed by atoms with van der Waals surface area (Å²) in [7, 11) is 4.10. The molecule has 0 aromatic rings. The Bertz CT molecular complexity index is 3620. The number of methoxy groups -OCH3 is 3. The van der Waals surface area contributed by atoms with E-state index in [-0.39, 0.29) is 133 Å². The van der Waals surface area contributed by atoms with Crippen LogP contribution in [-0.4, -0.2) is 278 Å². The highest BCUT2D eigenvalue weighted by Crippen LogP contribution is 2.45. The lowest BCUT2D eigenvalue weighted by Crippen LogP contribution is -2.90. The molecule has 1 unspecified atom stereocenters. The highest BCUT2D eigenvalue weighted by Gasteiger charge is 2.60. The summed E-state index contributed by atoms with van der Waals surface area (Å²) in [6, 6.07) is -3.14. The molecule has 10 saturated heterocycles. The fourth-order valence-corrected chi connectivity index (χ4v) is 18.5. The molecule has 1 spiro atoms. The zero-order chi connectivity index (χ0) is 79.5. The average molecular weight is 1550 g/mol. The van der Waals surface area contributed by atoms with Gasteiger partial charge in [-0.15, -0.1) is 0 Å². The maximum absolute atomic E-state index is 14.2. The molecule has 8 amide bonds. The van der Waals surface area contributed by atoms with E-state index in [0.717, 1.165) is 70.9 Å². The van der Waals surface area contributed by atoms with Gasteiger partial charge in [0.15, 0.2) is 6.04 Å². The zero-order valence-corrected chi connectivity index (χ0v) is 63.5. The van der Waals surface area contributed by atoms with E-state index >= 15 is 0 Å². The quantitative estimate of drug-likeness (QED) is 0.232. The maximum Gasteiger partial charge on any atom is 0.430 e. The van der Waals surface area contributed by atoms with Crippen LogP contribution in [-0.2, 0) is 81.2 Å². The Labute approximate surface area is 638 Å². The number of likely N-dealkylation sites (tertiary alicyclic amines) is 3. The fraction of sp³-hybridized carbons (Fsp3) is 0.701. The summed E-state index contributed by atoms with van der Waals surface area (Å²) in [6.45, 7) is 16.2. The van der Waals surface area contributed by atoms with Crippen LogP contribution in [0.25, 0.3) is 0 Å². The number of aliphatic carboxylic acids is 1. The van der Waals surface area contributed by atoms with Crippen LogP contribution in [0.2, 0.25) is 0 Å². The van der Waals surface area contributed by atoms with Crippen molar-refractivity contribution >= 4 is 77.7 Å². The molecule has 606 valence electrons. The molecular weight excluding hydrogens is 1440 g/mol. The highest BCUT2D eigenvalue weighted by molar-refractivity contribution is 6.00. The predicted octanol–water partition coefficient (Wildman–Crippen LogP) is 3.03. The molecule has 19 atom stereocenters. The van der Waals surface area contributed by atoms with E-state index in [1.165, 1.54) is 26.2 Å². The van der Waals surface area contributed by atoms with Gasteiger partial charge in [-0.25, -0.2) is 24.0 Å². The Balaban J connectivity index is 0.000000168. The number of nitrogens with zero attached hydrogens (tertiary/aromatic N) is 8. The van der Waals surface area contributed by atoms with Gasteiger partial charge in [-0.1, -0.05) is 68.2 Å². The van der Waals surface area contributed by atoms with Crippen LogP contribution < -0.4 is 15.7 Å². The summed E-state index contributed by atoms with van der Waals surface area (Å²) in [5, 5.41) is 14.1. The van der Waals surface area contributed by atoms with E-state index in [1.807, 2.05) is 50.0 Å². The normalized spacial score (nSPS) is 33.6. The molecule has 15 aliphatic rings. The summed E-state index contributed by atoms with van der Waals surface area (Å²) < 4.78 is 57.1. The molecule has 30 nitrogen and oxygen atoms in total. The second kappa shape index (κ2) is 34.7. The average Bonchev–Trinajstić information content (AvgIpc) is 1.54. The number of hydrogen-bond donors (Lipinski definition) is 2. The number of carbonyl (C=O) groups excluding carboxylic acids is 14. The van der Waals surface area contributed by atoms with Crippen LogP contribution in [0.4, 0.5) is 22.8 Å². The van der Waals surface area contributed by atoms with Gasteiger partial charge in [0.05, 0.1) is 64.1 Å². The molecular formula is C77H107F3N10O20. The standard InChI is InChI=1S/C29H40N4O5.C18H26N2O5.2C13H18N2O3.C2HF3O2.CO2.CH4/c1-18-6-8-20-9-7-19-13-17-30(23(19)25(35)32(18)20)24(34)22-11-10-21-12-15-29(26(36)33(21)22)14-5-16-31(29)27(37)38-28(2,3)4;1-18(2,3)25-17(23)19-10-9-11-5-6-12-7-8-13(16(22)24-4)20(12)15(21)14(11)19;2*1-18-13(17)10-5-4-9-3-2-8-6-7-14-11(8)12(16)15(9)10;3-2(4,5)1(6)7;2-1-3;/h7,9,12,15,18-23H,5-6,8,10-11,13-14,16-17H2,1-4H3;5-6,11-14H,7-10H2,1-4H3;2*2-3,8-11,14H,4-7H2,1H3;(H,6,7);;1H4/t18-,19+,20-,21+,22+,23?,29-;11-,12-,13-,14-;2*8-,9-,10-,11-;;;/m1000.../s1. The van der Waals surface area contributed by atoms with Crippen molar-refractivity contribution in [3.63, 3.8) is 0 Å². The number of rotatable bonds is 4. The first-order chi connectivity index (χ1) is 51.5. The number of quaternary nitrogens is 1. The van der Waals surface area contributed by atoms with E-state index in [4.69, 9.17) is 43.2 Å². The lowest BCUT2D eigenvalue weighted by atomic mass is 9.89. The topological polar surface area (TPSA) is 363 Å². The zero-order valence-electron chi connectivity index (χ0n) is 63.5. The third-order valence-electron chi connectivity index (χ3n) is 23.4. The number of ether oxygens (including phenoxy) is 5. The van der Waals surface area contributed by atoms with Gasteiger partial charge in [0.25, 0.3) is 11.8 Å². The minimum atomic E-state index is -5.19.